The molecule has 0 fully saturated rings. The van der Waals surface area contributed by atoms with Crippen molar-refractivity contribution in [1.29, 1.82) is 0 Å². The number of fused-ring (bicyclic) bond motifs is 8. The molecule has 0 aliphatic heterocycles. The number of nitrogens with zero attached hydrogens (tertiary/aromatic N) is 1. The highest BCUT2D eigenvalue weighted by Crippen LogP contribution is 2.44. The van der Waals surface area contributed by atoms with Crippen LogP contribution in [0.2, 0.25) is 0 Å². The second-order valence-electron chi connectivity index (χ2n) is 14.5. The van der Waals surface area contributed by atoms with Gasteiger partial charge in [0.1, 0.15) is 0 Å². The monoisotopic (exact) mass is 729 g/mol. The van der Waals surface area contributed by atoms with Gasteiger partial charge in [-0.3, -0.25) is 0 Å². The maximum atomic E-state index is 2.40. The minimum Gasteiger partial charge on any atom is -0.310 e. The van der Waals surface area contributed by atoms with Crippen LogP contribution < -0.4 is 4.90 Å². The van der Waals surface area contributed by atoms with Crippen LogP contribution in [0.1, 0.15) is 0 Å². The van der Waals surface area contributed by atoms with Gasteiger partial charge in [-0.2, -0.15) is 0 Å². The van der Waals surface area contributed by atoms with Crippen molar-refractivity contribution in [3.8, 4) is 33.4 Å². The molecule has 11 rings (SSSR count). The first-order chi connectivity index (χ1) is 27.8. The van der Waals surface area contributed by atoms with Crippen molar-refractivity contribution in [2.45, 2.75) is 0 Å². The molecule has 0 bridgehead atoms. The molecule has 1 aromatic heterocycles. The average Bonchev–Trinajstić information content (AvgIpc) is 3.66. The average molecular weight is 730 g/mol. The van der Waals surface area contributed by atoms with Crippen molar-refractivity contribution in [1.82, 2.24) is 0 Å². The molecule has 0 atom stereocenters. The Hall–Kier alpha value is -7.00. The van der Waals surface area contributed by atoms with E-state index < -0.39 is 0 Å². The maximum absolute atomic E-state index is 2.40. The number of benzene rings is 10. The minimum atomic E-state index is 1.11. The summed E-state index contributed by atoms with van der Waals surface area (Å²) >= 11 is 1.88. The summed E-state index contributed by atoms with van der Waals surface area (Å²) < 4.78 is 2.66. The maximum Gasteiger partial charge on any atom is 0.0540 e. The first kappa shape index (κ1) is 32.4. The van der Waals surface area contributed by atoms with E-state index in [1.165, 1.54) is 85.9 Å². The first-order valence-electron chi connectivity index (χ1n) is 19.2. The number of anilines is 3. The number of rotatable bonds is 6. The lowest BCUT2D eigenvalue weighted by atomic mass is 9.94. The van der Waals surface area contributed by atoms with E-state index in [1.54, 1.807) is 0 Å². The molecule has 0 amide bonds. The summed E-state index contributed by atoms with van der Waals surface area (Å²) in [5.74, 6) is 0. The topological polar surface area (TPSA) is 3.24 Å². The van der Waals surface area contributed by atoms with Gasteiger partial charge in [-0.05, 0) is 103 Å². The Morgan fingerprint density at radius 3 is 1.71 bits per heavy atom. The standard InChI is InChI=1S/C54H35NS/c1-2-11-37(12-3-1)45-14-6-8-19-51(45)55(44-32-27-39(28-33-44)48-17-10-18-50-49-16-7-9-20-52(49)56-54(48)50)43-30-25-36(26-31-43)41-29-34-47-42(35-41)24-23-40-22-21-38-13-4-5-15-46(38)53(40)47/h1-35H. The third kappa shape index (κ3) is 5.46. The molecule has 262 valence electrons. The van der Waals surface area contributed by atoms with Crippen molar-refractivity contribution >= 4 is 80.9 Å². The summed E-state index contributed by atoms with van der Waals surface area (Å²) in [5.41, 5.74) is 10.6. The molecule has 56 heavy (non-hydrogen) atoms. The first-order valence-corrected chi connectivity index (χ1v) is 20.0. The largest absolute Gasteiger partial charge is 0.310 e. The van der Waals surface area contributed by atoms with Gasteiger partial charge in [-0.15, -0.1) is 11.3 Å². The Morgan fingerprint density at radius 2 is 0.893 bits per heavy atom. The summed E-state index contributed by atoms with van der Waals surface area (Å²) in [6, 6.07) is 77.6. The number of hydrogen-bond acceptors (Lipinski definition) is 2. The summed E-state index contributed by atoms with van der Waals surface area (Å²) in [6.07, 6.45) is 0. The molecular weight excluding hydrogens is 695 g/mol. The molecule has 0 radical (unpaired) electrons. The second kappa shape index (κ2) is 13.4. The lowest BCUT2D eigenvalue weighted by Gasteiger charge is -2.28. The third-order valence-corrected chi connectivity index (χ3v) is 12.5. The lowest BCUT2D eigenvalue weighted by Crippen LogP contribution is -2.11. The lowest BCUT2D eigenvalue weighted by molar-refractivity contribution is 1.28. The van der Waals surface area contributed by atoms with Crippen molar-refractivity contribution in [2.24, 2.45) is 0 Å². The van der Waals surface area contributed by atoms with Crippen LogP contribution in [-0.2, 0) is 0 Å². The summed E-state index contributed by atoms with van der Waals surface area (Å²) in [5, 5.41) is 10.3. The quantitative estimate of drug-likeness (QED) is 0.154. The minimum absolute atomic E-state index is 1.11. The van der Waals surface area contributed by atoms with Gasteiger partial charge in [-0.25, -0.2) is 0 Å². The van der Waals surface area contributed by atoms with E-state index >= 15 is 0 Å². The smallest absolute Gasteiger partial charge is 0.0540 e. The van der Waals surface area contributed by atoms with E-state index in [4.69, 9.17) is 0 Å². The molecule has 0 aliphatic carbocycles. The predicted molar refractivity (Wildman–Crippen MR) is 243 cm³/mol. The van der Waals surface area contributed by atoms with E-state index in [0.717, 1.165) is 17.1 Å². The fourth-order valence-electron chi connectivity index (χ4n) is 8.54. The van der Waals surface area contributed by atoms with Crippen LogP contribution in [0.25, 0.3) is 85.9 Å². The van der Waals surface area contributed by atoms with Crippen LogP contribution >= 0.6 is 11.3 Å². The van der Waals surface area contributed by atoms with Crippen LogP contribution in [-0.4, -0.2) is 0 Å². The van der Waals surface area contributed by atoms with Gasteiger partial charge in [0, 0.05) is 37.1 Å². The Labute approximate surface area is 330 Å². The SMILES string of the molecule is c1ccc(-c2ccccc2N(c2ccc(-c3ccc4c(ccc5ccc6ccccc6c54)c3)cc2)c2ccc(-c3cccc4c3sc3ccccc34)cc2)cc1. The van der Waals surface area contributed by atoms with Gasteiger partial charge >= 0.3 is 0 Å². The molecule has 0 N–H and O–H groups in total. The molecule has 1 heterocycles. The van der Waals surface area contributed by atoms with Crippen molar-refractivity contribution in [3.05, 3.63) is 212 Å². The van der Waals surface area contributed by atoms with E-state index in [0.29, 0.717) is 0 Å². The van der Waals surface area contributed by atoms with E-state index in [9.17, 15) is 0 Å². The van der Waals surface area contributed by atoms with Crippen LogP contribution in [0, 0.1) is 0 Å². The third-order valence-electron chi connectivity index (χ3n) is 11.3. The van der Waals surface area contributed by atoms with Gasteiger partial charge in [0.2, 0.25) is 0 Å². The fraction of sp³-hybridized carbons (Fsp3) is 0. The highest BCUT2D eigenvalue weighted by Gasteiger charge is 2.18. The molecule has 0 aliphatic rings. The summed E-state index contributed by atoms with van der Waals surface area (Å²) in [4.78, 5) is 2.40. The molecule has 11 aromatic rings. The van der Waals surface area contributed by atoms with E-state index in [2.05, 4.69) is 217 Å². The Morgan fingerprint density at radius 1 is 0.321 bits per heavy atom. The van der Waals surface area contributed by atoms with Crippen molar-refractivity contribution in [2.75, 3.05) is 4.90 Å². The van der Waals surface area contributed by atoms with Gasteiger partial charge in [0.25, 0.3) is 0 Å². The Balaban J connectivity index is 1.01. The van der Waals surface area contributed by atoms with Crippen LogP contribution in [0.3, 0.4) is 0 Å². The zero-order chi connectivity index (χ0) is 37.0. The fourth-order valence-corrected chi connectivity index (χ4v) is 9.78. The van der Waals surface area contributed by atoms with Crippen molar-refractivity contribution < 1.29 is 0 Å². The van der Waals surface area contributed by atoms with Crippen LogP contribution in [0.15, 0.2) is 212 Å². The van der Waals surface area contributed by atoms with Gasteiger partial charge in [0.05, 0.1) is 5.69 Å². The van der Waals surface area contributed by atoms with Crippen molar-refractivity contribution in [3.63, 3.8) is 0 Å². The zero-order valence-corrected chi connectivity index (χ0v) is 31.4. The molecule has 0 saturated heterocycles. The molecule has 0 spiro atoms. The zero-order valence-electron chi connectivity index (χ0n) is 30.6. The van der Waals surface area contributed by atoms with Gasteiger partial charge in [0.15, 0.2) is 0 Å². The normalized spacial score (nSPS) is 11.6. The van der Waals surface area contributed by atoms with E-state index in [1.807, 2.05) is 11.3 Å². The number of hydrogen-bond donors (Lipinski definition) is 0. The van der Waals surface area contributed by atoms with Gasteiger partial charge < -0.3 is 4.90 Å². The number of para-hydroxylation sites is 1. The van der Waals surface area contributed by atoms with Gasteiger partial charge in [-0.1, -0.05) is 170 Å². The molecule has 10 aromatic carbocycles. The Bertz CT molecular complexity index is 3230. The highest BCUT2D eigenvalue weighted by atomic mass is 32.1. The molecule has 0 saturated carbocycles. The summed E-state index contributed by atoms with van der Waals surface area (Å²) in [6.45, 7) is 0. The second-order valence-corrected chi connectivity index (χ2v) is 15.5. The Kier molecular flexibility index (Phi) is 7.75. The molecular formula is C54H35NS. The van der Waals surface area contributed by atoms with E-state index in [-0.39, 0.29) is 0 Å². The highest BCUT2D eigenvalue weighted by molar-refractivity contribution is 7.26. The molecule has 2 heteroatoms. The number of thiophene rings is 1. The summed E-state index contributed by atoms with van der Waals surface area (Å²) in [7, 11) is 0. The molecule has 1 nitrogen and oxygen atoms in total. The molecule has 0 unspecified atom stereocenters. The van der Waals surface area contributed by atoms with Crippen LogP contribution in [0.5, 0.6) is 0 Å². The van der Waals surface area contributed by atoms with Crippen LogP contribution in [0.4, 0.5) is 17.1 Å². The predicted octanol–water partition coefficient (Wildman–Crippen LogP) is 16.0.